The molecule has 1 aromatic rings. The zero-order valence-electron chi connectivity index (χ0n) is 13.2. The smallest absolute Gasteiger partial charge is 0.0746 e. The lowest BCUT2D eigenvalue weighted by Gasteiger charge is -2.28. The molecule has 1 aliphatic heterocycles. The zero-order valence-corrected chi connectivity index (χ0v) is 13.2. The van der Waals surface area contributed by atoms with Crippen LogP contribution in [0.5, 0.6) is 0 Å². The average molecular weight is 293 g/mol. The summed E-state index contributed by atoms with van der Waals surface area (Å²) in [6.07, 6.45) is 9.44. The minimum Gasteiger partial charge on any atom is -0.382 e. The van der Waals surface area contributed by atoms with Gasteiger partial charge in [0.25, 0.3) is 0 Å². The van der Waals surface area contributed by atoms with E-state index in [1.54, 1.807) is 7.11 Å². The number of nitrogens with zero attached hydrogens (tertiary/aromatic N) is 3. The van der Waals surface area contributed by atoms with Gasteiger partial charge in [-0.1, -0.05) is 0 Å². The Morgan fingerprint density at radius 1 is 1.29 bits per heavy atom. The van der Waals surface area contributed by atoms with Crippen LogP contribution in [0, 0.1) is 5.92 Å². The highest BCUT2D eigenvalue weighted by atomic mass is 16.5. The topological polar surface area (TPSA) is 39.5 Å². The second kappa shape index (κ2) is 6.90. The fourth-order valence-corrected chi connectivity index (χ4v) is 3.30. The number of rotatable bonds is 8. The van der Waals surface area contributed by atoms with Crippen molar-refractivity contribution in [1.29, 1.82) is 0 Å². The van der Waals surface area contributed by atoms with Crippen molar-refractivity contribution >= 4 is 0 Å². The van der Waals surface area contributed by atoms with E-state index in [1.165, 1.54) is 31.5 Å². The number of methoxy groups -OCH3 is 1. The summed E-state index contributed by atoms with van der Waals surface area (Å²) in [5.74, 6) is 0.930. The summed E-state index contributed by atoms with van der Waals surface area (Å²) in [6, 6.07) is 0.492. The van der Waals surface area contributed by atoms with Gasteiger partial charge in [-0.2, -0.15) is 5.10 Å². The molecule has 1 saturated carbocycles. The predicted octanol–water partition coefficient (Wildman–Crippen LogP) is 1.48. The van der Waals surface area contributed by atoms with Gasteiger partial charge < -0.3 is 9.47 Å². The van der Waals surface area contributed by atoms with Gasteiger partial charge in [0.2, 0.25) is 0 Å². The van der Waals surface area contributed by atoms with Crippen molar-refractivity contribution in [1.82, 2.24) is 14.7 Å². The van der Waals surface area contributed by atoms with Crippen LogP contribution in [-0.4, -0.2) is 60.2 Å². The van der Waals surface area contributed by atoms with Crippen LogP contribution < -0.4 is 0 Å². The Hall–Kier alpha value is -0.910. The molecule has 0 bridgehead atoms. The van der Waals surface area contributed by atoms with E-state index in [4.69, 9.17) is 9.47 Å². The van der Waals surface area contributed by atoms with Crippen molar-refractivity contribution in [3.63, 3.8) is 0 Å². The maximum Gasteiger partial charge on any atom is 0.0746 e. The summed E-state index contributed by atoms with van der Waals surface area (Å²) in [4.78, 5) is 2.64. The van der Waals surface area contributed by atoms with Gasteiger partial charge in [-0.25, -0.2) is 0 Å². The third kappa shape index (κ3) is 4.05. The van der Waals surface area contributed by atoms with Crippen molar-refractivity contribution in [3.05, 3.63) is 18.0 Å². The first kappa shape index (κ1) is 15.0. The maximum absolute atomic E-state index is 6.07. The van der Waals surface area contributed by atoms with Crippen molar-refractivity contribution in [2.45, 2.75) is 37.8 Å². The molecule has 0 aromatic carbocycles. The molecule has 2 fully saturated rings. The van der Waals surface area contributed by atoms with Gasteiger partial charge >= 0.3 is 0 Å². The lowest BCUT2D eigenvalue weighted by Crippen LogP contribution is -2.39. The fourth-order valence-electron chi connectivity index (χ4n) is 3.30. The molecule has 0 unspecified atom stereocenters. The normalized spacial score (nSPS) is 26.6. The SMILES string of the molecule is COCCO[C@H]1CCN(CC2CC2)[C@@H]1Cc1cnn(C)c1. The van der Waals surface area contributed by atoms with E-state index < -0.39 is 0 Å². The Bertz CT molecular complexity index is 444. The molecule has 5 nitrogen and oxygen atoms in total. The lowest BCUT2D eigenvalue weighted by atomic mass is 10.0. The van der Waals surface area contributed by atoms with E-state index in [0.29, 0.717) is 25.4 Å². The maximum atomic E-state index is 6.07. The van der Waals surface area contributed by atoms with Crippen molar-refractivity contribution in [2.24, 2.45) is 13.0 Å². The lowest BCUT2D eigenvalue weighted by molar-refractivity contribution is -0.000864. The van der Waals surface area contributed by atoms with Gasteiger partial charge in [-0.05, 0) is 37.2 Å². The number of aromatic nitrogens is 2. The van der Waals surface area contributed by atoms with Gasteiger partial charge in [-0.15, -0.1) is 0 Å². The van der Waals surface area contributed by atoms with Crippen LogP contribution in [0.3, 0.4) is 0 Å². The Labute approximate surface area is 127 Å². The molecule has 2 aliphatic rings. The second-order valence-electron chi connectivity index (χ2n) is 6.42. The van der Waals surface area contributed by atoms with Crippen molar-refractivity contribution < 1.29 is 9.47 Å². The molecule has 0 amide bonds. The van der Waals surface area contributed by atoms with Gasteiger partial charge in [0.05, 0.1) is 25.5 Å². The summed E-state index contributed by atoms with van der Waals surface area (Å²) < 4.78 is 13.1. The second-order valence-corrected chi connectivity index (χ2v) is 6.42. The highest BCUT2D eigenvalue weighted by Crippen LogP contribution is 2.33. The quantitative estimate of drug-likeness (QED) is 0.681. The largest absolute Gasteiger partial charge is 0.382 e. The molecule has 2 heterocycles. The first-order chi connectivity index (χ1) is 10.3. The van der Waals surface area contributed by atoms with E-state index in [1.807, 2.05) is 17.9 Å². The number of ether oxygens (including phenoxy) is 2. The molecule has 3 rings (SSSR count). The van der Waals surface area contributed by atoms with E-state index in [0.717, 1.165) is 18.8 Å². The highest BCUT2D eigenvalue weighted by Gasteiger charge is 2.37. The molecular formula is C16H27N3O2. The van der Waals surface area contributed by atoms with Crippen LogP contribution in [0.15, 0.2) is 12.4 Å². The number of hydrogen-bond donors (Lipinski definition) is 0. The molecule has 5 heteroatoms. The fraction of sp³-hybridized carbons (Fsp3) is 0.812. The number of likely N-dealkylation sites (tertiary alicyclic amines) is 1. The molecular weight excluding hydrogens is 266 g/mol. The van der Waals surface area contributed by atoms with Gasteiger partial charge in [0, 0.05) is 39.5 Å². The Kier molecular flexibility index (Phi) is 4.93. The van der Waals surface area contributed by atoms with Gasteiger partial charge in [0.15, 0.2) is 0 Å². The molecule has 1 aliphatic carbocycles. The van der Waals surface area contributed by atoms with Crippen molar-refractivity contribution in [2.75, 3.05) is 33.4 Å². The Morgan fingerprint density at radius 2 is 2.14 bits per heavy atom. The molecule has 21 heavy (non-hydrogen) atoms. The van der Waals surface area contributed by atoms with Crippen LogP contribution in [0.4, 0.5) is 0 Å². The van der Waals surface area contributed by atoms with Crippen molar-refractivity contribution in [3.8, 4) is 0 Å². The summed E-state index contributed by atoms with van der Waals surface area (Å²) in [6.45, 7) is 3.79. The first-order valence-corrected chi connectivity index (χ1v) is 8.08. The minimum absolute atomic E-state index is 0.333. The summed E-state index contributed by atoms with van der Waals surface area (Å²) >= 11 is 0. The van der Waals surface area contributed by atoms with Crippen LogP contribution >= 0.6 is 0 Å². The number of aryl methyl sites for hydroxylation is 1. The van der Waals surface area contributed by atoms with Gasteiger partial charge in [-0.3, -0.25) is 9.58 Å². The highest BCUT2D eigenvalue weighted by molar-refractivity contribution is 5.09. The zero-order chi connectivity index (χ0) is 14.7. The monoisotopic (exact) mass is 293 g/mol. The molecule has 0 spiro atoms. The predicted molar refractivity (Wildman–Crippen MR) is 81.2 cm³/mol. The molecule has 118 valence electrons. The van der Waals surface area contributed by atoms with E-state index in [-0.39, 0.29) is 0 Å². The average Bonchev–Trinajstić information content (AvgIpc) is 3.08. The standard InChI is InChI=1S/C16H27N3O2/c1-18-11-14(10-17-18)9-15-16(21-8-7-20-2)5-6-19(15)12-13-3-4-13/h10-11,13,15-16H,3-9,12H2,1-2H3/t15-,16+/m1/s1. The third-order valence-corrected chi connectivity index (χ3v) is 4.61. The molecule has 2 atom stereocenters. The Balaban J connectivity index is 1.61. The summed E-state index contributed by atoms with van der Waals surface area (Å²) in [5.41, 5.74) is 1.31. The number of hydrogen-bond acceptors (Lipinski definition) is 4. The molecule has 1 saturated heterocycles. The first-order valence-electron chi connectivity index (χ1n) is 8.08. The van der Waals surface area contributed by atoms with E-state index in [2.05, 4.69) is 16.2 Å². The third-order valence-electron chi connectivity index (χ3n) is 4.61. The minimum atomic E-state index is 0.333. The van der Waals surface area contributed by atoms with Crippen LogP contribution in [-0.2, 0) is 22.9 Å². The van der Waals surface area contributed by atoms with Crippen LogP contribution in [0.1, 0.15) is 24.8 Å². The van der Waals surface area contributed by atoms with Crippen LogP contribution in [0.25, 0.3) is 0 Å². The van der Waals surface area contributed by atoms with Crippen LogP contribution in [0.2, 0.25) is 0 Å². The molecule has 0 radical (unpaired) electrons. The van der Waals surface area contributed by atoms with Gasteiger partial charge in [0.1, 0.15) is 0 Å². The molecule has 1 aromatic heterocycles. The summed E-state index contributed by atoms with van der Waals surface area (Å²) in [5, 5.41) is 4.29. The van der Waals surface area contributed by atoms with E-state index in [9.17, 15) is 0 Å². The summed E-state index contributed by atoms with van der Waals surface area (Å²) in [7, 11) is 3.71. The molecule has 0 N–H and O–H groups in total. The van der Waals surface area contributed by atoms with E-state index >= 15 is 0 Å². The Morgan fingerprint density at radius 3 is 2.81 bits per heavy atom.